The van der Waals surface area contributed by atoms with E-state index >= 15 is 0 Å². The minimum Gasteiger partial charge on any atom is -0.375 e. The van der Waals surface area contributed by atoms with E-state index in [2.05, 4.69) is 33.0 Å². The van der Waals surface area contributed by atoms with Crippen LogP contribution in [0.2, 0.25) is 0 Å². The first-order valence-electron chi connectivity index (χ1n) is 4.97. The molecule has 4 atom stereocenters. The molecule has 1 heterocycles. The average molecular weight is 171 g/mol. The van der Waals surface area contributed by atoms with Crippen molar-refractivity contribution in [2.24, 2.45) is 11.8 Å². The maximum Gasteiger partial charge on any atom is 0.0588 e. The van der Waals surface area contributed by atoms with Crippen molar-refractivity contribution in [3.8, 4) is 0 Å². The Kier molecular flexibility index (Phi) is 3.53. The molecule has 72 valence electrons. The molecule has 12 heavy (non-hydrogen) atoms. The van der Waals surface area contributed by atoms with Crippen molar-refractivity contribution in [2.45, 2.75) is 39.9 Å². The summed E-state index contributed by atoms with van der Waals surface area (Å²) in [6.45, 7) is 11.0. The lowest BCUT2D eigenvalue weighted by atomic mass is 10.0. The van der Waals surface area contributed by atoms with Crippen LogP contribution in [0.25, 0.3) is 0 Å². The Morgan fingerprint density at radius 2 is 1.33 bits per heavy atom. The molecule has 1 rings (SSSR count). The van der Waals surface area contributed by atoms with Crippen molar-refractivity contribution in [3.05, 3.63) is 0 Å². The quantitative estimate of drug-likeness (QED) is 0.598. The Morgan fingerprint density at radius 3 is 1.75 bits per heavy atom. The van der Waals surface area contributed by atoms with E-state index in [-0.39, 0.29) is 0 Å². The van der Waals surface area contributed by atoms with Crippen molar-refractivity contribution >= 4 is 0 Å². The van der Waals surface area contributed by atoms with E-state index in [4.69, 9.17) is 4.74 Å². The second-order valence-electron chi connectivity index (χ2n) is 4.16. The van der Waals surface area contributed by atoms with Gasteiger partial charge in [-0.1, -0.05) is 13.8 Å². The van der Waals surface area contributed by atoms with Crippen molar-refractivity contribution in [1.29, 1.82) is 0 Å². The van der Waals surface area contributed by atoms with Crippen LogP contribution in [0, 0.1) is 11.8 Å². The highest BCUT2D eigenvalue weighted by molar-refractivity contribution is 4.73. The van der Waals surface area contributed by atoms with Gasteiger partial charge in [0.15, 0.2) is 0 Å². The molecule has 1 aliphatic rings. The SMILES string of the molecule is CC1CNC[C@H](C)C(C)OC1C. The zero-order valence-corrected chi connectivity index (χ0v) is 8.63. The smallest absolute Gasteiger partial charge is 0.0588 e. The van der Waals surface area contributed by atoms with Gasteiger partial charge in [-0.25, -0.2) is 0 Å². The lowest BCUT2D eigenvalue weighted by Gasteiger charge is -2.31. The van der Waals surface area contributed by atoms with E-state index in [0.717, 1.165) is 13.1 Å². The molecule has 1 N–H and O–H groups in total. The first kappa shape index (κ1) is 10.0. The fraction of sp³-hybridized carbons (Fsp3) is 1.00. The van der Waals surface area contributed by atoms with Crippen molar-refractivity contribution in [2.75, 3.05) is 13.1 Å². The van der Waals surface area contributed by atoms with Gasteiger partial charge in [-0.15, -0.1) is 0 Å². The van der Waals surface area contributed by atoms with E-state index in [0.29, 0.717) is 24.0 Å². The molecule has 2 heteroatoms. The summed E-state index contributed by atoms with van der Waals surface area (Å²) in [5.41, 5.74) is 0. The Labute approximate surface area is 75.7 Å². The maximum absolute atomic E-state index is 5.88. The van der Waals surface area contributed by atoms with Crippen molar-refractivity contribution in [1.82, 2.24) is 5.32 Å². The number of hydrogen-bond donors (Lipinski definition) is 1. The molecule has 0 saturated carbocycles. The Morgan fingerprint density at radius 1 is 0.917 bits per heavy atom. The third kappa shape index (κ3) is 2.46. The van der Waals surface area contributed by atoms with Crippen LogP contribution in [0.4, 0.5) is 0 Å². The van der Waals surface area contributed by atoms with Gasteiger partial charge >= 0.3 is 0 Å². The van der Waals surface area contributed by atoms with Crippen LogP contribution in [0.5, 0.6) is 0 Å². The highest BCUT2D eigenvalue weighted by atomic mass is 16.5. The van der Waals surface area contributed by atoms with Crippen LogP contribution >= 0.6 is 0 Å². The molecule has 0 bridgehead atoms. The zero-order valence-electron chi connectivity index (χ0n) is 8.63. The summed E-state index contributed by atoms with van der Waals surface area (Å²) in [5.74, 6) is 1.25. The fourth-order valence-electron chi connectivity index (χ4n) is 1.48. The van der Waals surface area contributed by atoms with Crippen molar-refractivity contribution in [3.63, 3.8) is 0 Å². The molecule has 0 radical (unpaired) electrons. The van der Waals surface area contributed by atoms with Gasteiger partial charge in [-0.3, -0.25) is 0 Å². The minimum atomic E-state index is 0.384. The van der Waals surface area contributed by atoms with E-state index in [1.165, 1.54) is 0 Å². The van der Waals surface area contributed by atoms with Crippen LogP contribution in [0.15, 0.2) is 0 Å². The molecule has 1 saturated heterocycles. The lowest BCUT2D eigenvalue weighted by molar-refractivity contribution is -0.0523. The molecule has 0 aromatic heterocycles. The average Bonchev–Trinajstić information content (AvgIpc) is 2.02. The highest BCUT2D eigenvalue weighted by Gasteiger charge is 2.22. The summed E-state index contributed by atoms with van der Waals surface area (Å²) in [6, 6.07) is 0. The molecule has 0 amide bonds. The van der Waals surface area contributed by atoms with E-state index in [1.807, 2.05) is 0 Å². The van der Waals surface area contributed by atoms with Gasteiger partial charge < -0.3 is 10.1 Å². The zero-order chi connectivity index (χ0) is 9.14. The first-order chi connectivity index (χ1) is 5.61. The van der Waals surface area contributed by atoms with Crippen LogP contribution in [0.3, 0.4) is 0 Å². The molecule has 0 aromatic carbocycles. The predicted octanol–water partition coefficient (Wildman–Crippen LogP) is 1.66. The van der Waals surface area contributed by atoms with Crippen LogP contribution in [-0.2, 0) is 4.74 Å². The normalized spacial score (nSPS) is 45.0. The highest BCUT2D eigenvalue weighted by Crippen LogP contribution is 2.16. The monoisotopic (exact) mass is 171 g/mol. The summed E-state index contributed by atoms with van der Waals surface area (Å²) >= 11 is 0. The fourth-order valence-corrected chi connectivity index (χ4v) is 1.48. The molecule has 3 unspecified atom stereocenters. The standard InChI is InChI=1S/C10H21NO/c1-7-5-11-6-8(2)10(4)12-9(7)3/h7-11H,5-6H2,1-4H3/t7-,8?,9?,10?/m0/s1. The molecule has 1 aliphatic heterocycles. The van der Waals surface area contributed by atoms with Gasteiger partial charge in [0.05, 0.1) is 12.2 Å². The summed E-state index contributed by atoms with van der Waals surface area (Å²) in [6.07, 6.45) is 0.769. The summed E-state index contributed by atoms with van der Waals surface area (Å²) < 4.78 is 5.88. The van der Waals surface area contributed by atoms with Gasteiger partial charge in [0, 0.05) is 13.1 Å². The molecule has 2 nitrogen and oxygen atoms in total. The molecular weight excluding hydrogens is 150 g/mol. The van der Waals surface area contributed by atoms with Gasteiger partial charge in [0.25, 0.3) is 0 Å². The number of ether oxygens (including phenoxy) is 1. The van der Waals surface area contributed by atoms with Crippen LogP contribution in [-0.4, -0.2) is 25.3 Å². The number of nitrogens with one attached hydrogen (secondary N) is 1. The van der Waals surface area contributed by atoms with E-state index < -0.39 is 0 Å². The molecule has 0 spiro atoms. The second-order valence-corrected chi connectivity index (χ2v) is 4.16. The summed E-state index contributed by atoms with van der Waals surface area (Å²) in [7, 11) is 0. The van der Waals surface area contributed by atoms with Crippen molar-refractivity contribution < 1.29 is 4.74 Å². The molecular formula is C10H21NO. The third-order valence-electron chi connectivity index (χ3n) is 2.96. The number of hydrogen-bond acceptors (Lipinski definition) is 2. The third-order valence-corrected chi connectivity index (χ3v) is 2.96. The predicted molar refractivity (Wildman–Crippen MR) is 51.2 cm³/mol. The molecule has 0 aromatic rings. The Bertz CT molecular complexity index is 124. The number of rotatable bonds is 0. The Balaban J connectivity index is 2.48. The van der Waals surface area contributed by atoms with E-state index in [9.17, 15) is 0 Å². The van der Waals surface area contributed by atoms with Gasteiger partial charge in [0.1, 0.15) is 0 Å². The van der Waals surface area contributed by atoms with E-state index in [1.54, 1.807) is 0 Å². The van der Waals surface area contributed by atoms with Crippen LogP contribution in [0.1, 0.15) is 27.7 Å². The first-order valence-corrected chi connectivity index (χ1v) is 4.97. The minimum absolute atomic E-state index is 0.384. The topological polar surface area (TPSA) is 21.3 Å². The summed E-state index contributed by atoms with van der Waals surface area (Å²) in [4.78, 5) is 0. The van der Waals surface area contributed by atoms with Gasteiger partial charge in [-0.2, -0.15) is 0 Å². The lowest BCUT2D eigenvalue weighted by Crippen LogP contribution is -2.41. The maximum atomic E-state index is 5.88. The molecule has 1 fully saturated rings. The van der Waals surface area contributed by atoms with Gasteiger partial charge in [0.2, 0.25) is 0 Å². The second kappa shape index (κ2) is 4.24. The largest absolute Gasteiger partial charge is 0.375 e. The summed E-state index contributed by atoms with van der Waals surface area (Å²) in [5, 5.41) is 3.47. The van der Waals surface area contributed by atoms with Crippen LogP contribution < -0.4 is 5.32 Å². The Hall–Kier alpha value is -0.0800. The van der Waals surface area contributed by atoms with Gasteiger partial charge in [-0.05, 0) is 25.7 Å². The molecule has 0 aliphatic carbocycles.